The molecule has 0 saturated carbocycles. The van der Waals surface area contributed by atoms with E-state index in [9.17, 15) is 0 Å². The van der Waals surface area contributed by atoms with Gasteiger partial charge in [-0.15, -0.1) is 34.6 Å². The van der Waals surface area contributed by atoms with Crippen LogP contribution in [0, 0.1) is 0 Å². The summed E-state index contributed by atoms with van der Waals surface area (Å²) in [6, 6.07) is 0. The van der Waals surface area contributed by atoms with Gasteiger partial charge in [-0.25, -0.2) is 0 Å². The zero-order valence-corrected chi connectivity index (χ0v) is 16.8. The molecule has 19 heavy (non-hydrogen) atoms. The minimum Gasteiger partial charge on any atom is -0.784 e. The molecule has 0 aliphatic rings. The Bertz CT molecular complexity index is 124. The molecule has 15 heteroatoms. The summed E-state index contributed by atoms with van der Waals surface area (Å²) in [6.45, 7) is 3.53. The molecule has 0 aliphatic carbocycles. The quantitative estimate of drug-likeness (QED) is 0.196. The molecule has 0 radical (unpaired) electrons. The first kappa shape index (κ1) is 83.5. The van der Waals surface area contributed by atoms with Crippen LogP contribution in [-0.4, -0.2) is 63.4 Å². The van der Waals surface area contributed by atoms with Crippen LogP contribution in [-0.2, 0) is 11.4 Å². The van der Waals surface area contributed by atoms with Crippen LogP contribution in [0.3, 0.4) is 0 Å². The van der Waals surface area contributed by atoms with Gasteiger partial charge in [-0.05, 0) is 5.57 Å². The molecule has 0 aromatic rings. The molecule has 0 amide bonds. The van der Waals surface area contributed by atoms with Crippen molar-refractivity contribution in [3.05, 3.63) is 12.2 Å². The topological polar surface area (TPSA) is 284 Å². The van der Waals surface area contributed by atoms with Crippen LogP contribution >= 0.6 is 23.2 Å². The Morgan fingerprint density at radius 2 is 0.947 bits per heavy atom. The first-order valence-corrected chi connectivity index (χ1v) is 4.16. The van der Waals surface area contributed by atoms with Crippen LogP contribution in [0.1, 0.15) is 0 Å². The van der Waals surface area contributed by atoms with Crippen molar-refractivity contribution in [3.8, 4) is 0 Å². The fraction of sp³-hybridized carbons (Fsp3) is 0.500. The summed E-state index contributed by atoms with van der Waals surface area (Å²) in [5.41, 5.74) is 0.873. The molecule has 0 fully saturated rings. The van der Waals surface area contributed by atoms with Crippen LogP contribution in [0.25, 0.3) is 0 Å². The van der Waals surface area contributed by atoms with Crippen molar-refractivity contribution in [2.45, 2.75) is 0 Å². The monoisotopic (exact) mass is 376 g/mol. The molecule has 0 bridgehead atoms. The van der Waals surface area contributed by atoms with Gasteiger partial charge in [0.2, 0.25) is 0 Å². The van der Waals surface area contributed by atoms with E-state index >= 15 is 0 Å². The number of allylic oxidation sites excluding steroid dienone is 1. The first-order valence-electron chi connectivity index (χ1n) is 2.10. The molecule has 10 nitrogen and oxygen atoms in total. The second kappa shape index (κ2) is 71.9. The maximum atomic E-state index is 8.44. The van der Waals surface area contributed by atoms with E-state index in [0.717, 1.165) is 5.57 Å². The predicted octanol–water partition coefficient (Wildman–Crippen LogP) is -10.7. The number of hydrogen-bond acceptors (Lipinski definition) is 3. The second-order valence-electron chi connectivity index (χ2n) is 1.22. The smallest absolute Gasteiger partial charge is 0.784 e. The van der Waals surface area contributed by atoms with Gasteiger partial charge in [-0.1, -0.05) is 6.58 Å². The van der Waals surface area contributed by atoms with E-state index in [2.05, 4.69) is 6.58 Å². The summed E-state index contributed by atoms with van der Waals surface area (Å²) < 4.78 is 25.3. The van der Waals surface area contributed by atoms with E-state index in [0.29, 0.717) is 11.8 Å². The maximum absolute atomic E-state index is 8.44. The zero-order valence-electron chi connectivity index (χ0n) is 10.5. The second-order valence-corrected chi connectivity index (χ2v) is 2.16. The number of halogens is 2. The van der Waals surface area contributed by atoms with Gasteiger partial charge < -0.3 is 47.4 Å². The van der Waals surface area contributed by atoms with E-state index in [1.807, 2.05) is 0 Å². The van der Waals surface area contributed by atoms with Crippen molar-refractivity contribution >= 4 is 34.6 Å². The summed E-state index contributed by atoms with van der Waals surface area (Å²) >= 11 is 7.43. The van der Waals surface area contributed by atoms with Crippen LogP contribution in [0.5, 0.6) is 0 Å². The summed E-state index contributed by atoms with van der Waals surface area (Å²) in [5.74, 6) is 0.951. The average Bonchev–Trinajstić information content (AvgIpc) is 1.85. The van der Waals surface area contributed by atoms with Crippen LogP contribution in [0.4, 0.5) is 0 Å². The molecule has 0 aromatic carbocycles. The van der Waals surface area contributed by atoms with E-state index < -0.39 is 11.4 Å². The summed E-state index contributed by atoms with van der Waals surface area (Å²) in [6.07, 6.45) is 0. The van der Waals surface area contributed by atoms with Crippen LogP contribution < -0.4 is 59.1 Å². The summed E-state index contributed by atoms with van der Waals surface area (Å²) in [4.78, 5) is 0. The fourth-order valence-corrected chi connectivity index (χ4v) is 0.321. The SMILES string of the molecule is C=C(CCl)CCl.O.O.O.O.O.O.O.O=S([O-])[O-].[Na+].[Na+]. The van der Waals surface area contributed by atoms with Crippen molar-refractivity contribution in [2.24, 2.45) is 0 Å². The van der Waals surface area contributed by atoms with Crippen molar-refractivity contribution in [1.82, 2.24) is 0 Å². The molecule has 0 aromatic heterocycles. The molecule has 0 heterocycles. The molecule has 0 unspecified atom stereocenters. The number of hydrogen-bond donors (Lipinski definition) is 0. The Hall–Kier alpha value is 2.11. The zero-order chi connectivity index (χ0) is 8.57. The van der Waals surface area contributed by atoms with Gasteiger partial charge in [0.1, 0.15) is 0 Å². The standard InChI is InChI=1S/C4H6Cl2.2Na.H2O3S.7H2O/c1-4(2-5)3-6;;;1-4(2)3;;;;;;;/h1-3H2;;;(H2,1,2,3);7*1H2/q;2*+1;;;;;;;;/p-2. The largest absolute Gasteiger partial charge is 1.00 e. The molecule has 0 rings (SSSR count). The van der Waals surface area contributed by atoms with Gasteiger partial charge in [-0.3, -0.25) is 4.21 Å². The molecule has 14 N–H and O–H groups in total. The third-order valence-corrected chi connectivity index (χ3v) is 1.13. The first-order chi connectivity index (χ1) is 4.54. The Balaban J connectivity index is -0.00000000520. The summed E-state index contributed by atoms with van der Waals surface area (Å²) in [7, 11) is 0. The Morgan fingerprint density at radius 1 is 0.842 bits per heavy atom. The molecular weight excluding hydrogens is 357 g/mol. The van der Waals surface area contributed by atoms with E-state index in [-0.39, 0.29) is 97.4 Å². The van der Waals surface area contributed by atoms with Crippen LogP contribution in [0.15, 0.2) is 12.2 Å². The number of alkyl halides is 2. The van der Waals surface area contributed by atoms with Gasteiger partial charge in [0.15, 0.2) is 0 Å². The van der Waals surface area contributed by atoms with Gasteiger partial charge >= 0.3 is 59.1 Å². The molecule has 118 valence electrons. The molecule has 0 saturated heterocycles. The maximum Gasteiger partial charge on any atom is 1.00 e. The molecule has 0 aliphatic heterocycles. The normalized spacial score (nSPS) is 4.47. The third kappa shape index (κ3) is 177. The fourth-order valence-electron chi connectivity index (χ4n) is 0.0357. The van der Waals surface area contributed by atoms with Gasteiger partial charge in [0.05, 0.1) is 0 Å². The van der Waals surface area contributed by atoms with Crippen LogP contribution in [0.2, 0.25) is 0 Å². The van der Waals surface area contributed by atoms with Crippen molar-refractivity contribution in [1.29, 1.82) is 0 Å². The minimum atomic E-state index is -3.11. The van der Waals surface area contributed by atoms with Gasteiger partial charge in [0.25, 0.3) is 0 Å². The predicted molar refractivity (Wildman–Crippen MR) is 65.6 cm³/mol. The minimum absolute atomic E-state index is 0. The van der Waals surface area contributed by atoms with Crippen molar-refractivity contribution in [3.63, 3.8) is 0 Å². The van der Waals surface area contributed by atoms with Crippen molar-refractivity contribution in [2.75, 3.05) is 11.8 Å². The average molecular weight is 377 g/mol. The molecule has 0 atom stereocenters. The Kier molecular flexibility index (Phi) is 316. The third-order valence-electron chi connectivity index (χ3n) is 0.378. The Morgan fingerprint density at radius 3 is 0.947 bits per heavy atom. The van der Waals surface area contributed by atoms with Gasteiger partial charge in [0, 0.05) is 11.8 Å². The van der Waals surface area contributed by atoms with Gasteiger partial charge in [-0.2, -0.15) is 0 Å². The van der Waals surface area contributed by atoms with E-state index in [1.165, 1.54) is 0 Å². The van der Waals surface area contributed by atoms with Crippen molar-refractivity contribution < 1.29 is 111 Å². The number of rotatable bonds is 2. The summed E-state index contributed by atoms with van der Waals surface area (Å²) in [5, 5.41) is 0. The Labute approximate surface area is 167 Å². The van der Waals surface area contributed by atoms with E-state index in [1.54, 1.807) is 0 Å². The molecule has 0 spiro atoms. The molecular formula is C4H20Cl2Na2O10S. The van der Waals surface area contributed by atoms with E-state index in [4.69, 9.17) is 36.5 Å².